The third-order valence-electron chi connectivity index (χ3n) is 8.75. The molecule has 2 amide bonds. The molecule has 4 aliphatic rings. The number of carbonyl (C=O) groups excluding carboxylic acids is 2. The molecule has 0 radical (unpaired) electrons. The fourth-order valence-corrected chi connectivity index (χ4v) is 6.58. The van der Waals surface area contributed by atoms with Crippen LogP contribution in [0, 0.1) is 29.0 Å². The number of carbonyl (C=O) groups is 2. The maximum Gasteiger partial charge on any atom is 0.414 e. The number of alkyl halides is 1. The van der Waals surface area contributed by atoms with Gasteiger partial charge in [0.15, 0.2) is 0 Å². The highest BCUT2D eigenvalue weighted by Crippen LogP contribution is 2.62. The van der Waals surface area contributed by atoms with Crippen molar-refractivity contribution in [3.8, 4) is 17.2 Å². The highest BCUT2D eigenvalue weighted by atomic mass is 35.5. The van der Waals surface area contributed by atoms with Gasteiger partial charge in [-0.15, -0.1) is 17.5 Å². The first-order valence-electron chi connectivity index (χ1n) is 13.5. The largest absolute Gasteiger partial charge is 0.442 e. The highest BCUT2D eigenvalue weighted by molar-refractivity contribution is 5.90. The number of pyridine rings is 1. The van der Waals surface area contributed by atoms with Crippen LogP contribution in [0.15, 0.2) is 48.9 Å². The number of hydrogen-bond donors (Lipinski definition) is 1. The molecule has 5 atom stereocenters. The van der Waals surface area contributed by atoms with E-state index in [2.05, 4.69) is 26.7 Å². The lowest BCUT2D eigenvalue weighted by Gasteiger charge is -2.25. The maximum absolute atomic E-state index is 15.2. The average molecular weight is 597 g/mol. The number of benzene rings is 1. The fourth-order valence-electron chi connectivity index (χ4n) is 6.58. The number of nitrogens with zero attached hydrogens (tertiary/aromatic N) is 7. The van der Waals surface area contributed by atoms with Gasteiger partial charge in [-0.3, -0.25) is 14.7 Å². The lowest BCUT2D eigenvalue weighted by Crippen LogP contribution is -2.44. The Bertz CT molecular complexity index is 1540. The van der Waals surface area contributed by atoms with E-state index in [-0.39, 0.29) is 49.7 Å². The van der Waals surface area contributed by atoms with Gasteiger partial charge >= 0.3 is 6.09 Å². The van der Waals surface area contributed by atoms with Crippen LogP contribution >= 0.6 is 12.4 Å². The molecule has 7 rings (SSSR count). The number of nitriles is 1. The molecule has 5 heterocycles. The van der Waals surface area contributed by atoms with Gasteiger partial charge in [-0.1, -0.05) is 11.3 Å². The second-order valence-electron chi connectivity index (χ2n) is 11.1. The van der Waals surface area contributed by atoms with Crippen LogP contribution in [0.4, 0.5) is 19.3 Å². The molecule has 3 aromatic rings. The number of hydrogen-bond acceptors (Lipinski definition) is 8. The fraction of sp³-hybridized carbons (Fsp3) is 0.429. The zero-order chi connectivity index (χ0) is 28.3. The first kappa shape index (κ1) is 28.0. The second-order valence-corrected chi connectivity index (χ2v) is 11.1. The van der Waals surface area contributed by atoms with Crippen molar-refractivity contribution in [2.45, 2.75) is 36.7 Å². The Kier molecular flexibility index (Phi) is 7.06. The molecule has 14 heteroatoms. The molecule has 2 unspecified atom stereocenters. The van der Waals surface area contributed by atoms with Gasteiger partial charge < -0.3 is 15.0 Å². The Hall–Kier alpha value is -4.15. The Morgan fingerprint density at radius 1 is 1.21 bits per heavy atom. The molecule has 1 N–H and O–H groups in total. The smallest absolute Gasteiger partial charge is 0.414 e. The molecule has 11 nitrogen and oxygen atoms in total. The number of fused-ring (bicyclic) bond motifs is 1. The topological polar surface area (TPSA) is 129 Å². The van der Waals surface area contributed by atoms with Crippen molar-refractivity contribution in [1.82, 2.24) is 30.2 Å². The summed E-state index contributed by atoms with van der Waals surface area (Å²) in [4.78, 5) is 32.8. The molecule has 1 saturated carbocycles. The summed E-state index contributed by atoms with van der Waals surface area (Å²) in [6.07, 6.45) is 2.93. The third-order valence-corrected chi connectivity index (χ3v) is 8.75. The molecular formula is C28H27ClF2N8O3. The molecule has 1 aromatic carbocycles. The Labute approximate surface area is 245 Å². The van der Waals surface area contributed by atoms with Gasteiger partial charge in [-0.2, -0.15) is 5.26 Å². The first-order valence-corrected chi connectivity index (χ1v) is 13.5. The van der Waals surface area contributed by atoms with E-state index in [1.54, 1.807) is 46.2 Å². The van der Waals surface area contributed by atoms with Crippen LogP contribution in [0.1, 0.15) is 12.1 Å². The van der Waals surface area contributed by atoms with Gasteiger partial charge in [0.05, 0.1) is 42.8 Å². The summed E-state index contributed by atoms with van der Waals surface area (Å²) < 4.78 is 35.7. The van der Waals surface area contributed by atoms with Gasteiger partial charge in [0.2, 0.25) is 5.91 Å². The lowest BCUT2D eigenvalue weighted by atomic mass is 9.95. The number of piperidine rings is 1. The van der Waals surface area contributed by atoms with E-state index < -0.39 is 35.6 Å². The predicted molar refractivity (Wildman–Crippen MR) is 147 cm³/mol. The number of nitrogens with one attached hydrogen (secondary N) is 1. The van der Waals surface area contributed by atoms with Gasteiger partial charge in [-0.05, 0) is 24.3 Å². The number of cyclic esters (lactones) is 1. The summed E-state index contributed by atoms with van der Waals surface area (Å²) >= 11 is 0. The SMILES string of the molecule is Cl.N#CC1(c2ccc(-c3ccc(N4C[C@H](Cn5ccnn5)OC4=O)cc3F)cn2)C2CN(C(=O)[C@@H]3C[C@H](F)CN3)CC21. The summed E-state index contributed by atoms with van der Waals surface area (Å²) in [7, 11) is 0. The molecule has 0 spiro atoms. The van der Waals surface area contributed by atoms with E-state index in [4.69, 9.17) is 4.74 Å². The standard InChI is InChI=1S/C28H26F2N8O3.ClH/c29-17-7-24(32-10-17)26(39)36-13-21-22(14-36)28(21,15-31)25-4-1-16(9-33-25)20-3-2-18(8-23(20)30)38-12-19(41-27(38)40)11-37-6-5-34-35-37;/h1-6,8-9,17,19,21-22,24,32H,7,10-14H2;1H/t17-,19-,21?,22?,24-,28?;/m0./s1. The molecule has 218 valence electrons. The van der Waals surface area contributed by atoms with Gasteiger partial charge in [0.1, 0.15) is 23.5 Å². The van der Waals surface area contributed by atoms with Crippen molar-refractivity contribution in [2.24, 2.45) is 11.8 Å². The van der Waals surface area contributed by atoms with E-state index in [1.165, 1.54) is 17.2 Å². The molecular weight excluding hydrogens is 570 g/mol. The quantitative estimate of drug-likeness (QED) is 0.460. The van der Waals surface area contributed by atoms with Crippen LogP contribution in [-0.4, -0.2) is 81.4 Å². The summed E-state index contributed by atoms with van der Waals surface area (Å²) in [6, 6.07) is 9.94. The predicted octanol–water partition coefficient (Wildman–Crippen LogP) is 2.48. The van der Waals surface area contributed by atoms with Crippen molar-refractivity contribution in [1.29, 1.82) is 5.26 Å². The minimum absolute atomic E-state index is 0. The Balaban J connectivity index is 0.00000316. The molecule has 42 heavy (non-hydrogen) atoms. The van der Waals surface area contributed by atoms with Crippen LogP contribution < -0.4 is 10.2 Å². The first-order chi connectivity index (χ1) is 19.9. The molecule has 0 bridgehead atoms. The minimum Gasteiger partial charge on any atom is -0.442 e. The van der Waals surface area contributed by atoms with Crippen molar-refractivity contribution in [2.75, 3.05) is 31.1 Å². The van der Waals surface area contributed by atoms with E-state index in [0.29, 0.717) is 42.1 Å². The summed E-state index contributed by atoms with van der Waals surface area (Å²) in [5, 5.41) is 20.6. The summed E-state index contributed by atoms with van der Waals surface area (Å²) in [5.74, 6) is -0.712. The van der Waals surface area contributed by atoms with Crippen LogP contribution in [-0.2, 0) is 21.5 Å². The molecule has 4 fully saturated rings. The molecule has 3 aliphatic heterocycles. The van der Waals surface area contributed by atoms with E-state index in [9.17, 15) is 19.2 Å². The van der Waals surface area contributed by atoms with E-state index in [0.717, 1.165) is 0 Å². The van der Waals surface area contributed by atoms with Crippen molar-refractivity contribution >= 4 is 30.1 Å². The second kappa shape index (κ2) is 10.6. The number of rotatable bonds is 6. The average Bonchev–Trinajstić information content (AvgIpc) is 3.62. The number of anilines is 1. The number of ether oxygens (including phenoxy) is 1. The van der Waals surface area contributed by atoms with Gasteiger partial charge in [0, 0.05) is 61.4 Å². The summed E-state index contributed by atoms with van der Waals surface area (Å²) in [5.41, 5.74) is 1.04. The van der Waals surface area contributed by atoms with E-state index >= 15 is 4.39 Å². The minimum atomic E-state index is -1.01. The normalized spacial score (nSPS) is 29.5. The number of amides is 2. The number of aromatic nitrogens is 4. The molecule has 1 aliphatic carbocycles. The lowest BCUT2D eigenvalue weighted by molar-refractivity contribution is -0.132. The van der Waals surface area contributed by atoms with Crippen LogP contribution in [0.25, 0.3) is 11.1 Å². The van der Waals surface area contributed by atoms with E-state index in [1.807, 2.05) is 0 Å². The van der Waals surface area contributed by atoms with Crippen LogP contribution in [0.2, 0.25) is 0 Å². The van der Waals surface area contributed by atoms with Gasteiger partial charge in [0.25, 0.3) is 0 Å². The third kappa shape index (κ3) is 4.55. The maximum atomic E-state index is 15.2. The molecule has 2 aromatic heterocycles. The van der Waals surface area contributed by atoms with Crippen LogP contribution in [0.3, 0.4) is 0 Å². The Morgan fingerprint density at radius 2 is 2.02 bits per heavy atom. The summed E-state index contributed by atoms with van der Waals surface area (Å²) in [6.45, 7) is 1.66. The molecule has 3 saturated heterocycles. The van der Waals surface area contributed by atoms with Crippen molar-refractivity contribution in [3.63, 3.8) is 0 Å². The number of likely N-dealkylation sites (tertiary alicyclic amines) is 1. The Morgan fingerprint density at radius 3 is 2.64 bits per heavy atom. The number of halogens is 3. The van der Waals surface area contributed by atoms with Crippen molar-refractivity contribution in [3.05, 3.63) is 60.4 Å². The highest BCUT2D eigenvalue weighted by Gasteiger charge is 2.71. The monoisotopic (exact) mass is 596 g/mol. The van der Waals surface area contributed by atoms with Crippen LogP contribution in [0.5, 0.6) is 0 Å². The van der Waals surface area contributed by atoms with Crippen molar-refractivity contribution < 1.29 is 23.1 Å². The zero-order valence-electron chi connectivity index (χ0n) is 22.3. The van der Waals surface area contributed by atoms with Gasteiger partial charge in [-0.25, -0.2) is 18.3 Å². The zero-order valence-corrected chi connectivity index (χ0v) is 23.1.